The van der Waals surface area contributed by atoms with Crippen molar-refractivity contribution in [2.24, 2.45) is 0 Å². The predicted molar refractivity (Wildman–Crippen MR) is 94.9 cm³/mol. The van der Waals surface area contributed by atoms with Gasteiger partial charge in [0.25, 0.3) is 0 Å². The van der Waals surface area contributed by atoms with Gasteiger partial charge in [-0.05, 0) is 42.3 Å². The van der Waals surface area contributed by atoms with Crippen LogP contribution in [0.2, 0.25) is 10.0 Å². The number of rotatable bonds is 3. The molecule has 2 atom stereocenters. The molecule has 0 aliphatic carbocycles. The van der Waals surface area contributed by atoms with Crippen LogP contribution in [0, 0.1) is 0 Å². The normalized spacial score (nSPS) is 21.6. The SMILES string of the molecule is CCCC1C(c2ccccc2)c2cc(Cl)cc(Cl)c2CN1C. The minimum absolute atomic E-state index is 0.325. The highest BCUT2D eigenvalue weighted by atomic mass is 35.5. The lowest BCUT2D eigenvalue weighted by molar-refractivity contribution is 0.185. The summed E-state index contributed by atoms with van der Waals surface area (Å²) in [5, 5.41) is 1.51. The van der Waals surface area contributed by atoms with Crippen LogP contribution in [0.4, 0.5) is 0 Å². The average Bonchev–Trinajstić information content (AvgIpc) is 2.50. The first kappa shape index (κ1) is 15.9. The van der Waals surface area contributed by atoms with Crippen molar-refractivity contribution in [1.82, 2.24) is 4.90 Å². The molecule has 0 N–H and O–H groups in total. The van der Waals surface area contributed by atoms with Gasteiger partial charge < -0.3 is 0 Å². The molecule has 3 heteroatoms. The molecular weight excluding hydrogens is 313 g/mol. The van der Waals surface area contributed by atoms with Gasteiger partial charge >= 0.3 is 0 Å². The van der Waals surface area contributed by atoms with E-state index in [0.717, 1.165) is 16.6 Å². The standard InChI is InChI=1S/C19H21Cl2N/c1-3-7-18-19(13-8-5-4-6-9-13)15-10-14(20)11-17(21)16(15)12-22(18)2/h4-6,8-11,18-19H,3,7,12H2,1-2H3. The highest BCUT2D eigenvalue weighted by Crippen LogP contribution is 2.42. The fourth-order valence-corrected chi connectivity index (χ4v) is 4.21. The molecule has 1 aliphatic rings. The van der Waals surface area contributed by atoms with Crippen molar-refractivity contribution in [2.75, 3.05) is 7.05 Å². The minimum Gasteiger partial charge on any atom is -0.298 e. The summed E-state index contributed by atoms with van der Waals surface area (Å²) < 4.78 is 0. The van der Waals surface area contributed by atoms with Crippen LogP contribution in [0.25, 0.3) is 0 Å². The van der Waals surface area contributed by atoms with E-state index in [9.17, 15) is 0 Å². The first-order valence-electron chi connectivity index (χ1n) is 7.84. The third-order valence-electron chi connectivity index (χ3n) is 4.63. The maximum atomic E-state index is 6.48. The topological polar surface area (TPSA) is 3.24 Å². The van der Waals surface area contributed by atoms with E-state index < -0.39 is 0 Å². The van der Waals surface area contributed by atoms with Crippen molar-refractivity contribution < 1.29 is 0 Å². The van der Waals surface area contributed by atoms with Crippen LogP contribution in [-0.4, -0.2) is 18.0 Å². The van der Waals surface area contributed by atoms with E-state index in [0.29, 0.717) is 12.0 Å². The van der Waals surface area contributed by atoms with Gasteiger partial charge in [0, 0.05) is 28.5 Å². The highest BCUT2D eigenvalue weighted by Gasteiger charge is 2.34. The van der Waals surface area contributed by atoms with Gasteiger partial charge in [-0.1, -0.05) is 66.9 Å². The summed E-state index contributed by atoms with van der Waals surface area (Å²) in [5.41, 5.74) is 3.85. The molecule has 0 saturated heterocycles. The van der Waals surface area contributed by atoms with E-state index in [1.807, 2.05) is 6.07 Å². The Morgan fingerprint density at radius 1 is 1.14 bits per heavy atom. The van der Waals surface area contributed by atoms with Gasteiger partial charge in [0.15, 0.2) is 0 Å². The molecule has 0 fully saturated rings. The van der Waals surface area contributed by atoms with Gasteiger partial charge in [-0.2, -0.15) is 0 Å². The Morgan fingerprint density at radius 2 is 1.86 bits per heavy atom. The summed E-state index contributed by atoms with van der Waals surface area (Å²) in [6, 6.07) is 15.2. The second-order valence-electron chi connectivity index (χ2n) is 6.11. The van der Waals surface area contributed by atoms with Crippen molar-refractivity contribution in [3.05, 3.63) is 69.2 Å². The second-order valence-corrected chi connectivity index (χ2v) is 6.96. The molecule has 0 spiro atoms. The van der Waals surface area contributed by atoms with Crippen LogP contribution in [-0.2, 0) is 6.54 Å². The summed E-state index contributed by atoms with van der Waals surface area (Å²) in [5.74, 6) is 0.325. The van der Waals surface area contributed by atoms with Crippen molar-refractivity contribution in [1.29, 1.82) is 0 Å². The first-order chi connectivity index (χ1) is 10.6. The minimum atomic E-state index is 0.325. The Kier molecular flexibility index (Phi) is 4.77. The quantitative estimate of drug-likeness (QED) is 0.692. The average molecular weight is 334 g/mol. The van der Waals surface area contributed by atoms with Crippen molar-refractivity contribution >= 4 is 23.2 Å². The number of likely N-dealkylation sites (N-methyl/N-ethyl adjacent to an activating group) is 1. The fourth-order valence-electron chi connectivity index (χ4n) is 3.64. The number of hydrogen-bond acceptors (Lipinski definition) is 1. The molecule has 1 heterocycles. The number of hydrogen-bond donors (Lipinski definition) is 0. The van der Waals surface area contributed by atoms with Gasteiger partial charge in [0.1, 0.15) is 0 Å². The molecule has 116 valence electrons. The van der Waals surface area contributed by atoms with Crippen molar-refractivity contribution in [2.45, 2.75) is 38.3 Å². The van der Waals surface area contributed by atoms with Gasteiger partial charge in [0.05, 0.1) is 0 Å². The maximum Gasteiger partial charge on any atom is 0.0468 e. The zero-order valence-corrected chi connectivity index (χ0v) is 14.5. The Morgan fingerprint density at radius 3 is 2.55 bits per heavy atom. The van der Waals surface area contributed by atoms with E-state index in [-0.39, 0.29) is 0 Å². The van der Waals surface area contributed by atoms with Crippen LogP contribution in [0.5, 0.6) is 0 Å². The molecule has 3 rings (SSSR count). The molecule has 0 saturated carbocycles. The smallest absolute Gasteiger partial charge is 0.0468 e. The molecule has 0 radical (unpaired) electrons. The Bertz CT molecular complexity index is 654. The molecular formula is C19H21Cl2N. The second kappa shape index (κ2) is 6.62. The summed E-state index contributed by atoms with van der Waals surface area (Å²) in [4.78, 5) is 2.43. The van der Waals surface area contributed by atoms with Gasteiger partial charge in [0.2, 0.25) is 0 Å². The van der Waals surface area contributed by atoms with E-state index in [1.165, 1.54) is 29.5 Å². The molecule has 22 heavy (non-hydrogen) atoms. The summed E-state index contributed by atoms with van der Waals surface area (Å²) in [6.07, 6.45) is 2.33. The highest BCUT2D eigenvalue weighted by molar-refractivity contribution is 6.35. The molecule has 2 aromatic carbocycles. The van der Waals surface area contributed by atoms with E-state index in [1.54, 1.807) is 0 Å². The van der Waals surface area contributed by atoms with Gasteiger partial charge in [-0.15, -0.1) is 0 Å². The van der Waals surface area contributed by atoms with Crippen molar-refractivity contribution in [3.63, 3.8) is 0 Å². The summed E-state index contributed by atoms with van der Waals surface area (Å²) in [7, 11) is 2.20. The number of fused-ring (bicyclic) bond motifs is 1. The first-order valence-corrected chi connectivity index (χ1v) is 8.60. The molecule has 0 aromatic heterocycles. The predicted octanol–water partition coefficient (Wildman–Crippen LogP) is 5.74. The van der Waals surface area contributed by atoms with E-state index in [4.69, 9.17) is 23.2 Å². The van der Waals surface area contributed by atoms with Crippen LogP contribution in [0.3, 0.4) is 0 Å². The summed E-state index contributed by atoms with van der Waals surface area (Å²) in [6.45, 7) is 3.13. The summed E-state index contributed by atoms with van der Waals surface area (Å²) >= 11 is 12.8. The molecule has 1 aliphatic heterocycles. The van der Waals surface area contributed by atoms with E-state index >= 15 is 0 Å². The van der Waals surface area contributed by atoms with Crippen LogP contribution >= 0.6 is 23.2 Å². The Hall–Kier alpha value is -1.02. The fraction of sp³-hybridized carbons (Fsp3) is 0.368. The third kappa shape index (κ3) is 2.90. The Balaban J connectivity index is 2.17. The lowest BCUT2D eigenvalue weighted by Gasteiger charge is -2.41. The van der Waals surface area contributed by atoms with Gasteiger partial charge in [-0.25, -0.2) is 0 Å². The molecule has 0 bridgehead atoms. The largest absolute Gasteiger partial charge is 0.298 e. The number of halogens is 2. The Labute approximate surface area is 142 Å². The zero-order valence-electron chi connectivity index (χ0n) is 13.0. The lowest BCUT2D eigenvalue weighted by Crippen LogP contribution is -2.41. The van der Waals surface area contributed by atoms with Crippen LogP contribution < -0.4 is 0 Å². The van der Waals surface area contributed by atoms with E-state index in [2.05, 4.69) is 55.3 Å². The van der Waals surface area contributed by atoms with Crippen LogP contribution in [0.15, 0.2) is 42.5 Å². The molecule has 0 amide bonds. The van der Waals surface area contributed by atoms with Crippen molar-refractivity contribution in [3.8, 4) is 0 Å². The lowest BCUT2D eigenvalue weighted by atomic mass is 9.77. The molecule has 2 unspecified atom stereocenters. The third-order valence-corrected chi connectivity index (χ3v) is 5.19. The van der Waals surface area contributed by atoms with Gasteiger partial charge in [-0.3, -0.25) is 4.90 Å². The molecule has 1 nitrogen and oxygen atoms in total. The van der Waals surface area contributed by atoms with Crippen LogP contribution in [0.1, 0.15) is 42.4 Å². The zero-order chi connectivity index (χ0) is 15.7. The monoisotopic (exact) mass is 333 g/mol. The number of benzene rings is 2. The maximum absolute atomic E-state index is 6.48. The molecule has 2 aromatic rings. The number of nitrogens with zero attached hydrogens (tertiary/aromatic N) is 1.